The topological polar surface area (TPSA) is 34.1 Å². The van der Waals surface area contributed by atoms with Crippen molar-refractivity contribution in [1.82, 2.24) is 20.0 Å². The Bertz CT molecular complexity index is 592. The molecule has 5 nitrogen and oxygen atoms in total. The summed E-state index contributed by atoms with van der Waals surface area (Å²) < 4.78 is 0. The molecule has 28 heavy (non-hydrogen) atoms. The monoisotopic (exact) mass is 385 g/mol. The highest BCUT2D eigenvalue weighted by Crippen LogP contribution is 2.19. The third kappa shape index (κ3) is 6.21. The molecule has 0 saturated carbocycles. The molecular formula is C23H39N5. The second kappa shape index (κ2) is 10.8. The van der Waals surface area contributed by atoms with Crippen LogP contribution in [0, 0.1) is 5.92 Å². The van der Waals surface area contributed by atoms with E-state index in [1.807, 2.05) is 0 Å². The molecule has 2 aliphatic heterocycles. The molecule has 0 amide bonds. The molecule has 2 aliphatic rings. The number of piperazine rings is 1. The molecule has 156 valence electrons. The van der Waals surface area contributed by atoms with Gasteiger partial charge in [0.25, 0.3) is 0 Å². The van der Waals surface area contributed by atoms with E-state index in [9.17, 15) is 0 Å². The molecule has 2 heterocycles. The first-order valence-corrected chi connectivity index (χ1v) is 11.2. The molecule has 5 heteroatoms. The largest absolute Gasteiger partial charge is 0.357 e. The van der Waals surface area contributed by atoms with Gasteiger partial charge in [0.2, 0.25) is 0 Å². The fourth-order valence-corrected chi connectivity index (χ4v) is 4.32. The molecular weight excluding hydrogens is 346 g/mol. The summed E-state index contributed by atoms with van der Waals surface area (Å²) in [5.74, 6) is 1.81. The molecule has 2 saturated heterocycles. The first kappa shape index (κ1) is 21.1. The lowest BCUT2D eigenvalue weighted by Gasteiger charge is -2.37. The molecule has 1 atom stereocenters. The van der Waals surface area contributed by atoms with Crippen LogP contribution in [0.2, 0.25) is 0 Å². The molecule has 1 unspecified atom stereocenters. The average Bonchev–Trinajstić information content (AvgIpc) is 2.73. The highest BCUT2D eigenvalue weighted by molar-refractivity contribution is 5.80. The number of hydrogen-bond acceptors (Lipinski definition) is 3. The van der Waals surface area contributed by atoms with Crippen LogP contribution in [-0.4, -0.2) is 79.1 Å². The van der Waals surface area contributed by atoms with Gasteiger partial charge in [-0.05, 0) is 51.6 Å². The normalized spacial score (nSPS) is 22.6. The summed E-state index contributed by atoms with van der Waals surface area (Å²) in [6.45, 7) is 16.5. The number of rotatable bonds is 6. The summed E-state index contributed by atoms with van der Waals surface area (Å²) in [5, 5.41) is 3.53. The number of nitrogens with zero attached hydrogens (tertiary/aromatic N) is 4. The van der Waals surface area contributed by atoms with Gasteiger partial charge in [0.1, 0.15) is 0 Å². The van der Waals surface area contributed by atoms with E-state index in [1.54, 1.807) is 0 Å². The number of nitrogens with one attached hydrogen (secondary N) is 1. The second-order valence-corrected chi connectivity index (χ2v) is 8.54. The van der Waals surface area contributed by atoms with E-state index >= 15 is 0 Å². The first-order valence-electron chi connectivity index (χ1n) is 11.2. The summed E-state index contributed by atoms with van der Waals surface area (Å²) in [4.78, 5) is 12.7. The zero-order valence-electron chi connectivity index (χ0n) is 18.1. The third-order valence-corrected chi connectivity index (χ3v) is 6.04. The molecule has 1 aromatic rings. The number of piperidine rings is 1. The molecule has 2 fully saturated rings. The predicted molar refractivity (Wildman–Crippen MR) is 119 cm³/mol. The number of likely N-dealkylation sites (tertiary alicyclic amines) is 1. The Balaban J connectivity index is 1.50. The van der Waals surface area contributed by atoms with Gasteiger partial charge in [0, 0.05) is 58.4 Å². The lowest BCUT2D eigenvalue weighted by Crippen LogP contribution is -2.52. The van der Waals surface area contributed by atoms with Gasteiger partial charge in [0.15, 0.2) is 5.96 Å². The lowest BCUT2D eigenvalue weighted by atomic mass is 9.97. The number of hydrogen-bond donors (Lipinski definition) is 1. The minimum atomic E-state index is 0.651. The summed E-state index contributed by atoms with van der Waals surface area (Å²) in [7, 11) is 0. The Morgan fingerprint density at radius 1 is 1.11 bits per heavy atom. The molecule has 0 aliphatic carbocycles. The zero-order chi connectivity index (χ0) is 19.8. The minimum absolute atomic E-state index is 0.651. The van der Waals surface area contributed by atoms with Gasteiger partial charge in [-0.1, -0.05) is 30.3 Å². The Kier molecular flexibility index (Phi) is 8.16. The lowest BCUT2D eigenvalue weighted by molar-refractivity contribution is 0.142. The van der Waals surface area contributed by atoms with Crippen LogP contribution in [0.5, 0.6) is 0 Å². The predicted octanol–water partition coefficient (Wildman–Crippen LogP) is 2.89. The van der Waals surface area contributed by atoms with Crippen molar-refractivity contribution in [3.8, 4) is 0 Å². The molecule has 0 aromatic heterocycles. The molecule has 3 rings (SSSR count). The van der Waals surface area contributed by atoms with Crippen molar-refractivity contribution in [2.45, 2.75) is 46.2 Å². The highest BCUT2D eigenvalue weighted by Gasteiger charge is 2.23. The van der Waals surface area contributed by atoms with E-state index < -0.39 is 0 Å². The van der Waals surface area contributed by atoms with Gasteiger partial charge in [0.05, 0.1) is 0 Å². The van der Waals surface area contributed by atoms with Crippen LogP contribution in [0.15, 0.2) is 35.3 Å². The van der Waals surface area contributed by atoms with E-state index in [1.165, 1.54) is 31.5 Å². The van der Waals surface area contributed by atoms with Crippen LogP contribution < -0.4 is 5.32 Å². The second-order valence-electron chi connectivity index (χ2n) is 8.54. The van der Waals surface area contributed by atoms with Gasteiger partial charge in [-0.2, -0.15) is 0 Å². The standard InChI is InChI=1S/C23H39N5/c1-4-24-23(25-17-22-11-8-12-28(19-22)20(2)3)27-15-13-26(14-16-27)18-21-9-6-5-7-10-21/h5-7,9-10,20,22H,4,8,11-19H2,1-3H3,(H,24,25). The fraction of sp³-hybridized carbons (Fsp3) is 0.696. The summed E-state index contributed by atoms with van der Waals surface area (Å²) in [5.41, 5.74) is 1.41. The minimum Gasteiger partial charge on any atom is -0.357 e. The maximum atomic E-state index is 5.05. The molecule has 0 radical (unpaired) electrons. The average molecular weight is 386 g/mol. The van der Waals surface area contributed by atoms with Crippen LogP contribution in [0.1, 0.15) is 39.2 Å². The van der Waals surface area contributed by atoms with Crippen molar-refractivity contribution in [2.24, 2.45) is 10.9 Å². The summed E-state index contributed by atoms with van der Waals surface area (Å²) in [6, 6.07) is 11.5. The third-order valence-electron chi connectivity index (χ3n) is 6.04. The first-order chi connectivity index (χ1) is 13.7. The summed E-state index contributed by atoms with van der Waals surface area (Å²) >= 11 is 0. The van der Waals surface area contributed by atoms with Crippen LogP contribution >= 0.6 is 0 Å². The molecule has 0 spiro atoms. The smallest absolute Gasteiger partial charge is 0.194 e. The van der Waals surface area contributed by atoms with E-state index in [0.29, 0.717) is 12.0 Å². The van der Waals surface area contributed by atoms with E-state index in [2.05, 4.69) is 71.1 Å². The van der Waals surface area contributed by atoms with Crippen LogP contribution in [0.3, 0.4) is 0 Å². The van der Waals surface area contributed by atoms with Crippen LogP contribution in [0.25, 0.3) is 0 Å². The fourth-order valence-electron chi connectivity index (χ4n) is 4.32. The SMILES string of the molecule is CCNC(=NCC1CCCN(C(C)C)C1)N1CCN(Cc2ccccc2)CC1. The van der Waals surface area contributed by atoms with E-state index in [4.69, 9.17) is 4.99 Å². The highest BCUT2D eigenvalue weighted by atomic mass is 15.3. The van der Waals surface area contributed by atoms with Gasteiger partial charge in [-0.25, -0.2) is 0 Å². The van der Waals surface area contributed by atoms with Crippen molar-refractivity contribution >= 4 is 5.96 Å². The summed E-state index contributed by atoms with van der Waals surface area (Å²) in [6.07, 6.45) is 2.63. The van der Waals surface area contributed by atoms with Crippen LogP contribution in [-0.2, 0) is 6.54 Å². The Labute approximate surface area is 171 Å². The zero-order valence-corrected chi connectivity index (χ0v) is 18.1. The van der Waals surface area contributed by atoms with Crippen molar-refractivity contribution in [2.75, 3.05) is 52.4 Å². The quantitative estimate of drug-likeness (QED) is 0.603. The van der Waals surface area contributed by atoms with Crippen molar-refractivity contribution in [1.29, 1.82) is 0 Å². The van der Waals surface area contributed by atoms with Gasteiger partial charge >= 0.3 is 0 Å². The maximum absolute atomic E-state index is 5.05. The number of aliphatic imine (C=N–C) groups is 1. The van der Waals surface area contributed by atoms with Crippen LogP contribution in [0.4, 0.5) is 0 Å². The Morgan fingerprint density at radius 3 is 2.54 bits per heavy atom. The molecule has 0 bridgehead atoms. The van der Waals surface area contributed by atoms with Crippen molar-refractivity contribution in [3.63, 3.8) is 0 Å². The number of guanidine groups is 1. The van der Waals surface area contributed by atoms with Gasteiger partial charge in [-0.15, -0.1) is 0 Å². The van der Waals surface area contributed by atoms with Gasteiger partial charge < -0.3 is 15.1 Å². The molecule has 1 N–H and O–H groups in total. The van der Waals surface area contributed by atoms with Crippen molar-refractivity contribution in [3.05, 3.63) is 35.9 Å². The Morgan fingerprint density at radius 2 is 1.86 bits per heavy atom. The number of benzene rings is 1. The van der Waals surface area contributed by atoms with Crippen molar-refractivity contribution < 1.29 is 0 Å². The Hall–Kier alpha value is -1.59. The van der Waals surface area contributed by atoms with E-state index in [-0.39, 0.29) is 0 Å². The van der Waals surface area contributed by atoms with Gasteiger partial charge in [-0.3, -0.25) is 9.89 Å². The maximum Gasteiger partial charge on any atom is 0.194 e. The molecule has 1 aromatic carbocycles. The van der Waals surface area contributed by atoms with E-state index in [0.717, 1.165) is 51.8 Å².